The normalized spacial score (nSPS) is 12.1. The first-order valence-electron chi connectivity index (χ1n) is 6.18. The first-order valence-corrected chi connectivity index (χ1v) is 6.97. The zero-order valence-electron chi connectivity index (χ0n) is 10.7. The average Bonchev–Trinajstić information content (AvgIpc) is 2.90. The van der Waals surface area contributed by atoms with Crippen molar-refractivity contribution in [2.24, 2.45) is 0 Å². The molecule has 2 N–H and O–H groups in total. The van der Waals surface area contributed by atoms with Crippen molar-refractivity contribution in [2.75, 3.05) is 0 Å². The Morgan fingerprint density at radius 1 is 1.53 bits per heavy atom. The highest BCUT2D eigenvalue weighted by Gasteiger charge is 2.11. The summed E-state index contributed by atoms with van der Waals surface area (Å²) in [5.74, 6) is 0.805. The van der Waals surface area contributed by atoms with Crippen molar-refractivity contribution in [2.45, 2.75) is 25.8 Å². The van der Waals surface area contributed by atoms with E-state index in [9.17, 15) is 4.79 Å². The van der Waals surface area contributed by atoms with E-state index in [1.54, 1.807) is 12.4 Å². The van der Waals surface area contributed by atoms with Crippen LogP contribution in [0.2, 0.25) is 0 Å². The molecule has 4 nitrogen and oxygen atoms in total. The fraction of sp³-hybridized carbons (Fsp3) is 0.286. The number of nitrogens with one attached hydrogen (secondary N) is 2. The van der Waals surface area contributed by atoms with Crippen LogP contribution in [0.15, 0.2) is 41.1 Å². The number of carbonyl (C=O) groups is 1. The number of rotatable bonds is 5. The van der Waals surface area contributed by atoms with Crippen LogP contribution < -0.4 is 5.32 Å². The smallest absolute Gasteiger partial charge is 0.220 e. The lowest BCUT2D eigenvalue weighted by atomic mass is 10.1. The van der Waals surface area contributed by atoms with Crippen LogP contribution in [0.5, 0.6) is 0 Å². The molecule has 0 fully saturated rings. The summed E-state index contributed by atoms with van der Waals surface area (Å²) in [5.41, 5.74) is 1.15. The molecular weight excluding hydrogens is 306 g/mol. The fourth-order valence-electron chi connectivity index (χ4n) is 1.85. The Labute approximate surface area is 120 Å². The Kier molecular flexibility index (Phi) is 4.74. The van der Waals surface area contributed by atoms with E-state index in [1.165, 1.54) is 0 Å². The number of aromatic nitrogens is 2. The molecule has 100 valence electrons. The number of aryl methyl sites for hydroxylation is 1. The van der Waals surface area contributed by atoms with Crippen molar-refractivity contribution in [1.29, 1.82) is 0 Å². The van der Waals surface area contributed by atoms with Gasteiger partial charge in [0.15, 0.2) is 0 Å². The molecule has 0 bridgehead atoms. The van der Waals surface area contributed by atoms with Gasteiger partial charge in [-0.25, -0.2) is 4.98 Å². The van der Waals surface area contributed by atoms with Crippen LogP contribution in [0.1, 0.15) is 30.8 Å². The van der Waals surface area contributed by atoms with Crippen molar-refractivity contribution in [3.05, 3.63) is 52.5 Å². The summed E-state index contributed by atoms with van der Waals surface area (Å²) in [6.07, 6.45) is 4.64. The fourth-order valence-corrected chi connectivity index (χ4v) is 2.29. The molecule has 1 amide bonds. The van der Waals surface area contributed by atoms with Gasteiger partial charge in [-0.1, -0.05) is 28.1 Å². The summed E-state index contributed by atoms with van der Waals surface area (Å²) in [4.78, 5) is 19.0. The van der Waals surface area contributed by atoms with E-state index >= 15 is 0 Å². The van der Waals surface area contributed by atoms with E-state index < -0.39 is 0 Å². The Morgan fingerprint density at radius 2 is 2.37 bits per heavy atom. The van der Waals surface area contributed by atoms with Gasteiger partial charge in [-0.3, -0.25) is 4.79 Å². The van der Waals surface area contributed by atoms with Gasteiger partial charge in [0.1, 0.15) is 5.82 Å². The number of hydrogen-bond donors (Lipinski definition) is 2. The molecule has 0 aliphatic carbocycles. The van der Waals surface area contributed by atoms with Crippen LogP contribution >= 0.6 is 15.9 Å². The lowest BCUT2D eigenvalue weighted by molar-refractivity contribution is -0.121. The van der Waals surface area contributed by atoms with Crippen LogP contribution in [0.4, 0.5) is 0 Å². The average molecular weight is 322 g/mol. The van der Waals surface area contributed by atoms with Gasteiger partial charge in [0.05, 0.1) is 6.04 Å². The molecule has 0 radical (unpaired) electrons. The van der Waals surface area contributed by atoms with Crippen molar-refractivity contribution in [3.8, 4) is 0 Å². The Bertz CT molecular complexity index is 539. The van der Waals surface area contributed by atoms with Crippen molar-refractivity contribution < 1.29 is 4.79 Å². The van der Waals surface area contributed by atoms with Gasteiger partial charge in [0, 0.05) is 23.3 Å². The Balaban J connectivity index is 1.82. The molecule has 0 saturated heterocycles. The van der Waals surface area contributed by atoms with Gasteiger partial charge in [-0.05, 0) is 31.0 Å². The molecule has 2 aromatic rings. The summed E-state index contributed by atoms with van der Waals surface area (Å²) < 4.78 is 1.04. The molecular formula is C14H16BrN3O. The number of H-pyrrole nitrogens is 1. The second-order valence-electron chi connectivity index (χ2n) is 4.39. The number of hydrogen-bond acceptors (Lipinski definition) is 2. The van der Waals surface area contributed by atoms with Crippen LogP contribution in [-0.2, 0) is 11.2 Å². The SMILES string of the molecule is CC(NC(=O)CCc1cccc(Br)c1)c1ncc[nH]1. The van der Waals surface area contributed by atoms with E-state index in [0.717, 1.165) is 22.3 Å². The van der Waals surface area contributed by atoms with E-state index in [1.807, 2.05) is 31.2 Å². The lowest BCUT2D eigenvalue weighted by Crippen LogP contribution is -2.27. The summed E-state index contributed by atoms with van der Waals surface area (Å²) in [5, 5.41) is 2.92. The van der Waals surface area contributed by atoms with Crippen LogP contribution in [0, 0.1) is 0 Å². The zero-order chi connectivity index (χ0) is 13.7. The third kappa shape index (κ3) is 4.21. The van der Waals surface area contributed by atoms with Gasteiger partial charge in [-0.15, -0.1) is 0 Å². The predicted octanol–water partition coefficient (Wildman–Crippen LogP) is 2.98. The molecule has 1 aromatic heterocycles. The molecule has 1 aromatic carbocycles. The number of amides is 1. The maximum Gasteiger partial charge on any atom is 0.220 e. The number of nitrogens with zero attached hydrogens (tertiary/aromatic N) is 1. The number of carbonyl (C=O) groups excluding carboxylic acids is 1. The summed E-state index contributed by atoms with van der Waals surface area (Å²) >= 11 is 3.42. The monoisotopic (exact) mass is 321 g/mol. The number of halogens is 1. The van der Waals surface area contributed by atoms with E-state index in [4.69, 9.17) is 0 Å². The minimum Gasteiger partial charge on any atom is -0.347 e. The van der Waals surface area contributed by atoms with Crippen molar-refractivity contribution in [3.63, 3.8) is 0 Å². The maximum atomic E-state index is 11.8. The molecule has 0 saturated carbocycles. The number of benzene rings is 1. The predicted molar refractivity (Wildman–Crippen MR) is 77.6 cm³/mol. The van der Waals surface area contributed by atoms with Crippen molar-refractivity contribution >= 4 is 21.8 Å². The minimum atomic E-state index is -0.0926. The zero-order valence-corrected chi connectivity index (χ0v) is 12.3. The molecule has 1 atom stereocenters. The van der Waals surface area contributed by atoms with Gasteiger partial charge >= 0.3 is 0 Å². The van der Waals surface area contributed by atoms with Gasteiger partial charge in [-0.2, -0.15) is 0 Å². The molecule has 1 unspecified atom stereocenters. The third-order valence-corrected chi connectivity index (χ3v) is 3.33. The standard InChI is InChI=1S/C14H16BrN3O/c1-10(14-16-7-8-17-14)18-13(19)6-5-11-3-2-4-12(15)9-11/h2-4,7-10H,5-6H2,1H3,(H,16,17)(H,18,19). The summed E-state index contributed by atoms with van der Waals surface area (Å²) in [7, 11) is 0. The molecule has 19 heavy (non-hydrogen) atoms. The minimum absolute atomic E-state index is 0.0314. The van der Waals surface area contributed by atoms with Crippen LogP contribution in [0.25, 0.3) is 0 Å². The number of imidazole rings is 1. The second-order valence-corrected chi connectivity index (χ2v) is 5.31. The van der Waals surface area contributed by atoms with Gasteiger partial charge < -0.3 is 10.3 Å². The highest BCUT2D eigenvalue weighted by atomic mass is 79.9. The highest BCUT2D eigenvalue weighted by Crippen LogP contribution is 2.13. The van der Waals surface area contributed by atoms with E-state index in [-0.39, 0.29) is 11.9 Å². The molecule has 0 aliphatic heterocycles. The Morgan fingerprint density at radius 3 is 3.05 bits per heavy atom. The number of aromatic amines is 1. The quantitative estimate of drug-likeness (QED) is 0.889. The first-order chi connectivity index (χ1) is 9.15. The summed E-state index contributed by atoms with van der Waals surface area (Å²) in [6.45, 7) is 1.91. The largest absolute Gasteiger partial charge is 0.347 e. The van der Waals surface area contributed by atoms with Gasteiger partial charge in [0.25, 0.3) is 0 Å². The van der Waals surface area contributed by atoms with Crippen LogP contribution in [0.3, 0.4) is 0 Å². The van der Waals surface area contributed by atoms with Gasteiger partial charge in [0.2, 0.25) is 5.91 Å². The first kappa shape index (κ1) is 13.8. The molecule has 0 aliphatic rings. The van der Waals surface area contributed by atoms with E-state index in [2.05, 4.69) is 31.2 Å². The Hall–Kier alpha value is -1.62. The van der Waals surface area contributed by atoms with Crippen LogP contribution in [-0.4, -0.2) is 15.9 Å². The topological polar surface area (TPSA) is 57.8 Å². The highest BCUT2D eigenvalue weighted by molar-refractivity contribution is 9.10. The third-order valence-electron chi connectivity index (χ3n) is 2.84. The van der Waals surface area contributed by atoms with E-state index in [0.29, 0.717) is 6.42 Å². The molecule has 2 rings (SSSR count). The molecule has 5 heteroatoms. The van der Waals surface area contributed by atoms with Crippen molar-refractivity contribution in [1.82, 2.24) is 15.3 Å². The lowest BCUT2D eigenvalue weighted by Gasteiger charge is -2.11. The molecule has 0 spiro atoms. The second kappa shape index (κ2) is 6.52. The molecule has 1 heterocycles. The maximum absolute atomic E-state index is 11.8. The summed E-state index contributed by atoms with van der Waals surface area (Å²) in [6, 6.07) is 7.91.